The number of amides is 6. The van der Waals surface area contributed by atoms with Gasteiger partial charge in [-0.1, -0.05) is 48.6 Å². The molecule has 2 atom stereocenters. The minimum absolute atomic E-state index is 0.00230. The molecule has 6 amide bonds. The Labute approximate surface area is 541 Å². The standard InChI is InChI=1S/C65H91F2N11O13S/c1-3-52-39-65(66,67)44-78(52)61(84)40-71-63(87)54-20-24-68-56-19-18-53(38-55(54)56)91-36-8-6-10-51-21-26-77(27-22-51)60(83)13-5-4-7-23-70-64(88)57(43-92-37-25-69-58(81)12-9-11-50-16-14-49(2)15-17-50)72-59(82)41-73-28-29-74(42-62(85)86)31-33-76(46-90-48-80)35-34-75(32-30-73)45-89-47-79/h1,14-20,24,38,47-48,51-52,57H,4-13,21-23,25-37,39-46H2,2H3,(H,69,81)(H,70,88)(H,71,87)(H,72,82)(H,85,86)/t52-,57-/m0/s1. The number of halogens is 2. The van der Waals surface area contributed by atoms with Crippen LogP contribution in [0.1, 0.15) is 98.5 Å². The molecule has 0 bridgehead atoms. The van der Waals surface area contributed by atoms with Crippen LogP contribution in [-0.4, -0.2) is 248 Å². The van der Waals surface area contributed by atoms with E-state index in [-0.39, 0.29) is 55.6 Å². The van der Waals surface area contributed by atoms with Crippen LogP contribution in [0.15, 0.2) is 54.7 Å². The molecule has 92 heavy (non-hydrogen) atoms. The van der Waals surface area contributed by atoms with Crippen LogP contribution in [0.2, 0.25) is 0 Å². The lowest BCUT2D eigenvalue weighted by Gasteiger charge is -2.33. The second-order valence-electron chi connectivity index (χ2n) is 23.6. The Balaban J connectivity index is 0.906. The molecule has 0 aliphatic carbocycles. The number of ether oxygens (including phenoxy) is 3. The summed E-state index contributed by atoms with van der Waals surface area (Å²) in [5.41, 5.74) is 3.14. The molecule has 27 heteroatoms. The number of benzene rings is 2. The van der Waals surface area contributed by atoms with Gasteiger partial charge in [0.2, 0.25) is 29.5 Å². The zero-order valence-electron chi connectivity index (χ0n) is 52.8. The van der Waals surface area contributed by atoms with Crippen molar-refractivity contribution in [1.29, 1.82) is 0 Å². The molecule has 0 unspecified atom stereocenters. The number of nitrogens with zero attached hydrogens (tertiary/aromatic N) is 7. The van der Waals surface area contributed by atoms with E-state index < -0.39 is 61.2 Å². The highest BCUT2D eigenvalue weighted by Gasteiger charge is 2.46. The average Bonchev–Trinajstić information content (AvgIpc) is 1.21. The van der Waals surface area contributed by atoms with Crippen LogP contribution in [0, 0.1) is 25.2 Å². The topological polar surface area (TPSA) is 282 Å². The highest BCUT2D eigenvalue weighted by molar-refractivity contribution is 7.99. The molecule has 1 aromatic heterocycles. The third kappa shape index (κ3) is 26.6. The van der Waals surface area contributed by atoms with Crippen molar-refractivity contribution < 1.29 is 71.2 Å². The van der Waals surface area contributed by atoms with Gasteiger partial charge in [0.25, 0.3) is 24.8 Å². The number of aryl methyl sites for hydroxylation is 2. The quantitative estimate of drug-likeness (QED) is 0.0316. The second kappa shape index (κ2) is 39.8. The molecule has 24 nitrogen and oxygen atoms in total. The van der Waals surface area contributed by atoms with Crippen LogP contribution in [0.3, 0.4) is 0 Å². The summed E-state index contributed by atoms with van der Waals surface area (Å²) in [7, 11) is 0. The smallest absolute Gasteiger partial charge is 0.317 e. The first-order valence-electron chi connectivity index (χ1n) is 31.8. The summed E-state index contributed by atoms with van der Waals surface area (Å²) in [6.07, 6.45) is 15.0. The number of alkyl halides is 2. The fourth-order valence-corrected chi connectivity index (χ4v) is 12.1. The Morgan fingerprint density at radius 2 is 1.43 bits per heavy atom. The molecule has 0 saturated carbocycles. The Hall–Kier alpha value is -7.51. The van der Waals surface area contributed by atoms with Crippen molar-refractivity contribution in [2.24, 2.45) is 5.92 Å². The Bertz CT molecular complexity index is 2920. The van der Waals surface area contributed by atoms with Gasteiger partial charge >= 0.3 is 5.97 Å². The van der Waals surface area contributed by atoms with Crippen molar-refractivity contribution in [3.63, 3.8) is 0 Å². The van der Waals surface area contributed by atoms with E-state index in [0.29, 0.717) is 165 Å². The zero-order valence-corrected chi connectivity index (χ0v) is 53.7. The largest absolute Gasteiger partial charge is 0.494 e. The number of thioether (sulfide) groups is 1. The van der Waals surface area contributed by atoms with E-state index in [9.17, 15) is 57.0 Å². The monoisotopic (exact) mass is 1300 g/mol. The van der Waals surface area contributed by atoms with E-state index in [1.54, 1.807) is 23.1 Å². The summed E-state index contributed by atoms with van der Waals surface area (Å²) >= 11 is 1.42. The van der Waals surface area contributed by atoms with E-state index in [4.69, 9.17) is 20.6 Å². The maximum absolute atomic E-state index is 14.0. The predicted octanol–water partition coefficient (Wildman–Crippen LogP) is 3.53. The number of carboxylic acids is 1. The highest BCUT2D eigenvalue weighted by Crippen LogP contribution is 2.32. The molecule has 5 N–H and O–H groups in total. The number of hydrogen-bond donors (Lipinski definition) is 5. The van der Waals surface area contributed by atoms with E-state index in [1.165, 1.54) is 35.2 Å². The number of aromatic nitrogens is 1. The molecular weight excluding hydrogens is 1210 g/mol. The molecule has 0 spiro atoms. The molecule has 0 radical (unpaired) electrons. The van der Waals surface area contributed by atoms with Crippen molar-refractivity contribution >= 4 is 77.0 Å². The van der Waals surface area contributed by atoms with Crippen molar-refractivity contribution in [2.75, 3.05) is 136 Å². The van der Waals surface area contributed by atoms with Gasteiger partial charge in [0.05, 0.1) is 49.9 Å². The number of terminal acetylenes is 1. The SMILES string of the molecule is C#C[C@H]1CC(F)(F)CN1C(=O)CNC(=O)c1ccnc2ccc(OCCCCC3CCN(C(=O)CCCCCNC(=O)[C@H](CSCCNC(=O)CCCc4ccc(C)cc4)NC(=O)CN4CCN(COC=O)CCN(COC=O)CCN(CC(=O)O)CC4)CC3)cc12. The zero-order chi connectivity index (χ0) is 66.1. The number of carbonyl (C=O) groups is 9. The lowest BCUT2D eigenvalue weighted by atomic mass is 9.91. The lowest BCUT2D eigenvalue weighted by Crippen LogP contribution is -2.53. The van der Waals surface area contributed by atoms with Crippen molar-refractivity contribution in [3.8, 4) is 18.1 Å². The molecule has 3 saturated heterocycles. The summed E-state index contributed by atoms with van der Waals surface area (Å²) < 4.78 is 44.1. The number of rotatable bonds is 36. The molecule has 4 heterocycles. The number of pyridine rings is 1. The highest BCUT2D eigenvalue weighted by atomic mass is 32.2. The van der Waals surface area contributed by atoms with Crippen LogP contribution in [0.4, 0.5) is 8.78 Å². The number of carbonyl (C=O) groups excluding carboxylic acids is 8. The van der Waals surface area contributed by atoms with Gasteiger partial charge in [0, 0.05) is 121 Å². The normalized spacial score (nSPS) is 17.5. The fraction of sp³-hybridized carbons (Fsp3) is 0.600. The van der Waals surface area contributed by atoms with Gasteiger partial charge in [0.1, 0.15) is 25.3 Å². The molecule has 3 aliphatic rings. The summed E-state index contributed by atoms with van der Waals surface area (Å²) in [5.74, 6) is -2.14. The van der Waals surface area contributed by atoms with Crippen LogP contribution in [-0.2, 0) is 54.3 Å². The third-order valence-corrected chi connectivity index (χ3v) is 17.6. The summed E-state index contributed by atoms with van der Waals surface area (Å²) in [6, 6.07) is 13.0. The third-order valence-electron chi connectivity index (χ3n) is 16.6. The van der Waals surface area contributed by atoms with E-state index in [2.05, 4.69) is 56.4 Å². The van der Waals surface area contributed by atoms with Gasteiger partial charge in [0.15, 0.2) is 0 Å². The Kier molecular flexibility index (Phi) is 31.8. The predicted molar refractivity (Wildman–Crippen MR) is 342 cm³/mol. The van der Waals surface area contributed by atoms with Gasteiger partial charge < -0.3 is 50.4 Å². The molecule has 3 aromatic rings. The minimum atomic E-state index is -3.09. The lowest BCUT2D eigenvalue weighted by molar-refractivity contribution is -0.139. The number of aliphatic carboxylic acids is 1. The average molecular weight is 1300 g/mol. The maximum atomic E-state index is 14.0. The van der Waals surface area contributed by atoms with Crippen molar-refractivity contribution in [1.82, 2.24) is 55.7 Å². The van der Waals surface area contributed by atoms with Crippen LogP contribution < -0.4 is 26.0 Å². The first kappa shape index (κ1) is 73.5. The van der Waals surface area contributed by atoms with E-state index in [0.717, 1.165) is 43.4 Å². The number of piperidine rings is 1. The number of likely N-dealkylation sites (tertiary alicyclic amines) is 2. The summed E-state index contributed by atoms with van der Waals surface area (Å²) in [4.78, 5) is 128. The minimum Gasteiger partial charge on any atom is -0.494 e. The van der Waals surface area contributed by atoms with Gasteiger partial charge in [-0.05, 0) is 94.0 Å². The van der Waals surface area contributed by atoms with Crippen LogP contribution >= 0.6 is 11.8 Å². The van der Waals surface area contributed by atoms with Crippen LogP contribution in [0.25, 0.3) is 10.9 Å². The number of fused-ring (bicyclic) bond motifs is 1. The number of nitrogens with one attached hydrogen (secondary N) is 4. The number of hydrogen-bond acceptors (Lipinski definition) is 18. The van der Waals surface area contributed by atoms with Gasteiger partial charge in [-0.2, -0.15) is 11.8 Å². The first-order chi connectivity index (χ1) is 44.4. The van der Waals surface area contributed by atoms with Crippen LogP contribution in [0.5, 0.6) is 5.75 Å². The molecule has 504 valence electrons. The second-order valence-corrected chi connectivity index (χ2v) is 24.8. The molecule has 3 aliphatic heterocycles. The van der Waals surface area contributed by atoms with Gasteiger partial charge in [-0.3, -0.25) is 67.7 Å². The Morgan fingerprint density at radius 3 is 2.10 bits per heavy atom. The van der Waals surface area contributed by atoms with Gasteiger partial charge in [-0.15, -0.1) is 6.42 Å². The molecule has 6 rings (SSSR count). The fourth-order valence-electron chi connectivity index (χ4n) is 11.3. The number of unbranched alkanes of at least 4 members (excludes halogenated alkanes) is 3. The molecular formula is C65H91F2N11O13S. The maximum Gasteiger partial charge on any atom is 0.317 e. The van der Waals surface area contributed by atoms with Gasteiger partial charge in [-0.25, -0.2) is 8.78 Å². The number of carboxylic acid groups (broad SMARTS) is 1. The summed E-state index contributed by atoms with van der Waals surface area (Å²) in [5, 5.41) is 21.6. The summed E-state index contributed by atoms with van der Waals surface area (Å²) in [6.45, 7) is 6.42. The first-order valence-corrected chi connectivity index (χ1v) is 33.0. The molecule has 2 aromatic carbocycles. The molecule has 3 fully saturated rings. The van der Waals surface area contributed by atoms with Crippen molar-refractivity contribution in [2.45, 2.75) is 108 Å². The van der Waals surface area contributed by atoms with E-state index in [1.807, 2.05) is 26.5 Å². The van der Waals surface area contributed by atoms with Crippen molar-refractivity contribution in [3.05, 3.63) is 71.4 Å². The Morgan fingerprint density at radius 1 is 0.761 bits per heavy atom. The van der Waals surface area contributed by atoms with E-state index >= 15 is 0 Å².